The highest BCUT2D eigenvalue weighted by molar-refractivity contribution is 9.10. The molecule has 0 fully saturated rings. The maximum atomic E-state index is 14.2. The number of nitrogens with zero attached hydrogens (tertiary/aromatic N) is 3. The average Bonchev–Trinajstić information content (AvgIpc) is 3.17. The minimum atomic E-state index is -0.510. The summed E-state index contributed by atoms with van der Waals surface area (Å²) in [6.45, 7) is 1.81. The average molecular weight is 488 g/mol. The standard InChI is InChI=1S/C22H19BrFN3O2S/c1-15(28)27(20-10-6-5-9-19(20)24)22-25-17(14-30-22)11-12-21(29)26(2)13-16-7-3-4-8-18(16)23/h3-12,14H,13H2,1-2H3/b12-11+. The molecule has 30 heavy (non-hydrogen) atoms. The molecule has 0 aliphatic rings. The van der Waals surface area contributed by atoms with Crippen molar-refractivity contribution in [3.05, 3.63) is 81.5 Å². The first kappa shape index (κ1) is 21.9. The van der Waals surface area contributed by atoms with Crippen molar-refractivity contribution in [2.45, 2.75) is 13.5 Å². The van der Waals surface area contributed by atoms with E-state index < -0.39 is 5.82 Å². The third-order valence-corrected chi connectivity index (χ3v) is 5.87. The second kappa shape index (κ2) is 9.77. The highest BCUT2D eigenvalue weighted by Crippen LogP contribution is 2.31. The molecule has 0 radical (unpaired) electrons. The number of aromatic nitrogens is 1. The number of halogens is 2. The fraction of sp³-hybridized carbons (Fsp3) is 0.136. The predicted molar refractivity (Wildman–Crippen MR) is 121 cm³/mol. The van der Waals surface area contributed by atoms with E-state index in [-0.39, 0.29) is 17.5 Å². The van der Waals surface area contributed by atoms with E-state index in [1.54, 1.807) is 35.5 Å². The van der Waals surface area contributed by atoms with Crippen LogP contribution < -0.4 is 4.90 Å². The van der Waals surface area contributed by atoms with Crippen molar-refractivity contribution in [3.63, 3.8) is 0 Å². The summed E-state index contributed by atoms with van der Waals surface area (Å²) in [4.78, 5) is 31.7. The fourth-order valence-corrected chi connectivity index (χ4v) is 4.00. The zero-order valence-corrected chi connectivity index (χ0v) is 18.8. The number of anilines is 2. The Hall–Kier alpha value is -2.84. The van der Waals surface area contributed by atoms with E-state index in [0.29, 0.717) is 17.4 Å². The number of hydrogen-bond acceptors (Lipinski definition) is 4. The van der Waals surface area contributed by atoms with Crippen LogP contribution in [0, 0.1) is 5.82 Å². The van der Waals surface area contributed by atoms with Crippen molar-refractivity contribution in [2.24, 2.45) is 0 Å². The largest absolute Gasteiger partial charge is 0.338 e. The van der Waals surface area contributed by atoms with Crippen LogP contribution >= 0.6 is 27.3 Å². The SMILES string of the molecule is CC(=O)N(c1nc(/C=C/C(=O)N(C)Cc2ccccc2Br)cs1)c1ccccc1F. The van der Waals surface area contributed by atoms with Crippen LogP contribution in [0.1, 0.15) is 18.2 Å². The molecular formula is C22H19BrFN3O2S. The summed E-state index contributed by atoms with van der Waals surface area (Å²) in [6, 6.07) is 13.7. The number of para-hydroxylation sites is 1. The predicted octanol–water partition coefficient (Wildman–Crippen LogP) is 5.40. The monoisotopic (exact) mass is 487 g/mol. The summed E-state index contributed by atoms with van der Waals surface area (Å²) < 4.78 is 15.1. The molecule has 0 atom stereocenters. The zero-order valence-electron chi connectivity index (χ0n) is 16.4. The number of carbonyl (C=O) groups is 2. The van der Waals surface area contributed by atoms with Gasteiger partial charge in [-0.25, -0.2) is 9.37 Å². The lowest BCUT2D eigenvalue weighted by Crippen LogP contribution is -2.24. The van der Waals surface area contributed by atoms with Crippen molar-refractivity contribution in [2.75, 3.05) is 11.9 Å². The van der Waals surface area contributed by atoms with Crippen molar-refractivity contribution < 1.29 is 14.0 Å². The lowest BCUT2D eigenvalue weighted by molar-refractivity contribution is -0.125. The van der Waals surface area contributed by atoms with Crippen LogP contribution in [0.2, 0.25) is 0 Å². The van der Waals surface area contributed by atoms with Gasteiger partial charge in [-0.3, -0.25) is 14.5 Å². The number of carbonyl (C=O) groups excluding carboxylic acids is 2. The third-order valence-electron chi connectivity index (χ3n) is 4.25. The lowest BCUT2D eigenvalue weighted by atomic mass is 10.2. The highest BCUT2D eigenvalue weighted by atomic mass is 79.9. The van der Waals surface area contributed by atoms with E-state index >= 15 is 0 Å². The smallest absolute Gasteiger partial charge is 0.246 e. The summed E-state index contributed by atoms with van der Waals surface area (Å²) in [5.41, 5.74) is 1.65. The molecule has 1 heterocycles. The van der Waals surface area contributed by atoms with Gasteiger partial charge in [-0.1, -0.05) is 46.3 Å². The second-order valence-corrected chi connectivity index (χ2v) is 8.17. The number of likely N-dealkylation sites (N-methyl/N-ethyl adjacent to an activating group) is 1. The molecule has 8 heteroatoms. The topological polar surface area (TPSA) is 53.5 Å². The number of hydrogen-bond donors (Lipinski definition) is 0. The van der Waals surface area contributed by atoms with Gasteiger partial charge in [0.05, 0.1) is 11.4 Å². The lowest BCUT2D eigenvalue weighted by Gasteiger charge is -2.18. The molecule has 0 saturated heterocycles. The Morgan fingerprint density at radius 1 is 1.17 bits per heavy atom. The maximum Gasteiger partial charge on any atom is 0.246 e. The molecule has 0 bridgehead atoms. The van der Waals surface area contributed by atoms with Crippen LogP contribution in [0.4, 0.5) is 15.2 Å². The molecule has 0 unspecified atom stereocenters. The van der Waals surface area contributed by atoms with Crippen molar-refractivity contribution >= 4 is 56.0 Å². The van der Waals surface area contributed by atoms with Crippen LogP contribution in [-0.2, 0) is 16.1 Å². The van der Waals surface area contributed by atoms with Gasteiger partial charge in [0, 0.05) is 36.4 Å². The van der Waals surface area contributed by atoms with Crippen molar-refractivity contribution in [1.82, 2.24) is 9.88 Å². The van der Waals surface area contributed by atoms with Crippen LogP contribution in [0.5, 0.6) is 0 Å². The summed E-state index contributed by atoms with van der Waals surface area (Å²) >= 11 is 4.68. The van der Waals surface area contributed by atoms with Crippen LogP contribution in [0.3, 0.4) is 0 Å². The van der Waals surface area contributed by atoms with Gasteiger partial charge < -0.3 is 4.90 Å². The van der Waals surface area contributed by atoms with Gasteiger partial charge in [-0.2, -0.15) is 0 Å². The van der Waals surface area contributed by atoms with Crippen LogP contribution in [-0.4, -0.2) is 28.7 Å². The Balaban J connectivity index is 1.73. The summed E-state index contributed by atoms with van der Waals surface area (Å²) in [5, 5.41) is 2.05. The number of benzene rings is 2. The Labute approximate surface area is 186 Å². The Bertz CT molecular complexity index is 1100. The molecule has 2 amide bonds. The van der Waals surface area contributed by atoms with Gasteiger partial charge in [-0.05, 0) is 29.8 Å². The second-order valence-electron chi connectivity index (χ2n) is 6.48. The third kappa shape index (κ3) is 5.20. The molecule has 0 aliphatic carbocycles. The van der Waals surface area contributed by atoms with Gasteiger partial charge >= 0.3 is 0 Å². The minimum Gasteiger partial charge on any atom is -0.338 e. The molecule has 3 rings (SSSR count). The van der Waals surface area contributed by atoms with E-state index in [0.717, 1.165) is 10.0 Å². The first-order valence-electron chi connectivity index (χ1n) is 9.04. The van der Waals surface area contributed by atoms with E-state index in [4.69, 9.17) is 0 Å². The molecular weight excluding hydrogens is 469 g/mol. The number of thiazole rings is 1. The van der Waals surface area contributed by atoms with Crippen LogP contribution in [0.25, 0.3) is 6.08 Å². The minimum absolute atomic E-state index is 0.138. The Morgan fingerprint density at radius 3 is 2.57 bits per heavy atom. The number of rotatable bonds is 6. The van der Waals surface area contributed by atoms with E-state index in [1.165, 1.54) is 41.4 Å². The molecule has 0 saturated carbocycles. The van der Waals surface area contributed by atoms with Gasteiger partial charge in [0.2, 0.25) is 11.8 Å². The van der Waals surface area contributed by atoms with Gasteiger partial charge in [-0.15, -0.1) is 11.3 Å². The van der Waals surface area contributed by atoms with Gasteiger partial charge in [0.25, 0.3) is 0 Å². The Kier molecular flexibility index (Phi) is 7.12. The van der Waals surface area contributed by atoms with Crippen molar-refractivity contribution in [3.8, 4) is 0 Å². The van der Waals surface area contributed by atoms with E-state index in [2.05, 4.69) is 20.9 Å². The summed E-state index contributed by atoms with van der Waals surface area (Å²) in [5.74, 6) is -1.05. The first-order chi connectivity index (χ1) is 14.4. The van der Waals surface area contributed by atoms with Gasteiger partial charge in [0.1, 0.15) is 5.82 Å². The summed E-state index contributed by atoms with van der Waals surface area (Å²) in [7, 11) is 1.72. The van der Waals surface area contributed by atoms with Gasteiger partial charge in [0.15, 0.2) is 5.13 Å². The first-order valence-corrected chi connectivity index (χ1v) is 10.7. The fourth-order valence-electron chi connectivity index (χ4n) is 2.74. The molecule has 2 aromatic carbocycles. The van der Waals surface area contributed by atoms with E-state index in [9.17, 15) is 14.0 Å². The normalized spacial score (nSPS) is 10.9. The molecule has 3 aromatic rings. The molecule has 0 N–H and O–H groups in total. The highest BCUT2D eigenvalue weighted by Gasteiger charge is 2.20. The zero-order chi connectivity index (χ0) is 21.7. The van der Waals surface area contributed by atoms with Crippen LogP contribution in [0.15, 0.2) is 64.5 Å². The number of amides is 2. The maximum absolute atomic E-state index is 14.2. The quantitative estimate of drug-likeness (QED) is 0.437. The van der Waals surface area contributed by atoms with Crippen molar-refractivity contribution in [1.29, 1.82) is 0 Å². The summed E-state index contributed by atoms with van der Waals surface area (Å²) in [6.07, 6.45) is 3.01. The molecule has 5 nitrogen and oxygen atoms in total. The molecule has 0 aliphatic heterocycles. The Morgan fingerprint density at radius 2 is 1.87 bits per heavy atom. The molecule has 0 spiro atoms. The molecule has 1 aromatic heterocycles. The van der Waals surface area contributed by atoms with E-state index in [1.807, 2.05) is 24.3 Å². The molecule has 154 valence electrons.